The zero-order chi connectivity index (χ0) is 28.5. The van der Waals surface area contributed by atoms with E-state index in [-0.39, 0.29) is 18.2 Å². The number of nitriles is 1. The molecule has 1 aliphatic rings. The van der Waals surface area contributed by atoms with E-state index < -0.39 is 13.7 Å². The molecule has 1 N–H and O–H groups in total. The summed E-state index contributed by atoms with van der Waals surface area (Å²) in [4.78, 5) is 24.6. The second-order valence-corrected chi connectivity index (χ2v) is 18.9. The van der Waals surface area contributed by atoms with Crippen LogP contribution < -0.4 is 5.32 Å². The zero-order valence-corrected chi connectivity index (χ0v) is 26.6. The molecule has 11 heteroatoms. The van der Waals surface area contributed by atoms with Crippen LogP contribution in [0.3, 0.4) is 0 Å². The number of aromatic nitrogens is 3. The Morgan fingerprint density at radius 2 is 2.08 bits per heavy atom. The monoisotopic (exact) mass is 614 g/mol. The van der Waals surface area contributed by atoms with E-state index in [1.165, 1.54) is 0 Å². The second-order valence-electron chi connectivity index (χ2n) is 12.4. The quantitative estimate of drug-likeness (QED) is 0.238. The van der Waals surface area contributed by atoms with Crippen LogP contribution in [0.4, 0.5) is 4.79 Å². The predicted molar refractivity (Wildman–Crippen MR) is 159 cm³/mol. The van der Waals surface area contributed by atoms with E-state index in [2.05, 4.69) is 51.9 Å². The minimum Gasteiger partial charge on any atom is -0.444 e. The van der Waals surface area contributed by atoms with E-state index in [0.29, 0.717) is 25.6 Å². The average Bonchev–Trinajstić information content (AvgIpc) is 3.46. The lowest BCUT2D eigenvalue weighted by Gasteiger charge is -2.36. The molecule has 0 spiro atoms. The fourth-order valence-corrected chi connectivity index (χ4v) is 6.42. The number of amides is 1. The van der Waals surface area contributed by atoms with Crippen molar-refractivity contribution in [3.63, 3.8) is 0 Å². The molecule has 0 bridgehead atoms. The number of ether oxygens (including phenoxy) is 2. The Morgan fingerprint density at radius 1 is 1.33 bits per heavy atom. The maximum Gasteiger partial charge on any atom is 0.411 e. The van der Waals surface area contributed by atoms with Crippen LogP contribution in [0.25, 0.3) is 21.9 Å². The van der Waals surface area contributed by atoms with Crippen LogP contribution in [0.1, 0.15) is 51.4 Å². The summed E-state index contributed by atoms with van der Waals surface area (Å²) in [6, 6.07) is 4.67. The molecule has 1 saturated heterocycles. The van der Waals surface area contributed by atoms with Gasteiger partial charge in [-0.1, -0.05) is 19.6 Å². The average molecular weight is 616 g/mol. The van der Waals surface area contributed by atoms with Crippen LogP contribution in [-0.4, -0.2) is 64.9 Å². The van der Waals surface area contributed by atoms with Crippen molar-refractivity contribution in [1.29, 1.82) is 5.26 Å². The SMILES string of the molecule is CC(c1c(Br)cnc2c1c1cc(C#N)ncc1n2COCC[Si](C)(C)C)N(C(=O)OC(C)(C)C)[C@H]1CCNC1. The Balaban J connectivity index is 1.86. The molecule has 1 amide bonds. The first-order chi connectivity index (χ1) is 18.3. The van der Waals surface area contributed by atoms with Crippen molar-refractivity contribution in [2.24, 2.45) is 0 Å². The van der Waals surface area contributed by atoms with Gasteiger partial charge in [0.05, 0.1) is 17.8 Å². The number of nitrogens with one attached hydrogen (secondary N) is 1. The molecule has 1 fully saturated rings. The molecule has 0 radical (unpaired) electrons. The smallest absolute Gasteiger partial charge is 0.411 e. The molecule has 1 aliphatic heterocycles. The normalized spacial score (nSPS) is 16.9. The summed E-state index contributed by atoms with van der Waals surface area (Å²) in [7, 11) is -1.24. The molecule has 0 aromatic carbocycles. The van der Waals surface area contributed by atoms with E-state index >= 15 is 0 Å². The molecule has 1 unspecified atom stereocenters. The minimum atomic E-state index is -1.24. The summed E-state index contributed by atoms with van der Waals surface area (Å²) in [6.07, 6.45) is 3.99. The Labute approximate surface area is 240 Å². The van der Waals surface area contributed by atoms with Gasteiger partial charge in [0.25, 0.3) is 0 Å². The number of rotatable bonds is 8. The Morgan fingerprint density at radius 3 is 2.69 bits per heavy atom. The molecule has 210 valence electrons. The van der Waals surface area contributed by atoms with Crippen molar-refractivity contribution in [3.05, 3.63) is 34.2 Å². The van der Waals surface area contributed by atoms with Crippen molar-refractivity contribution < 1.29 is 14.3 Å². The van der Waals surface area contributed by atoms with Gasteiger partial charge in [0.15, 0.2) is 0 Å². The van der Waals surface area contributed by atoms with E-state index in [0.717, 1.165) is 51.0 Å². The standard InChI is InChI=1S/C28H39BrN6O3Si/c1-18(35(20-8-9-31-14-20)27(36)38-28(2,3)4)24-22(29)15-33-26-25(24)21-12-19(13-30)32-16-23(21)34(26)17-37-10-11-39(5,6)7/h12,15-16,18,20,31H,8-11,14,17H2,1-7H3/t18?,20-/m0/s1. The minimum absolute atomic E-state index is 0.0143. The highest BCUT2D eigenvalue weighted by Crippen LogP contribution is 2.40. The van der Waals surface area contributed by atoms with Gasteiger partial charge < -0.3 is 14.8 Å². The highest BCUT2D eigenvalue weighted by atomic mass is 79.9. The highest BCUT2D eigenvalue weighted by Gasteiger charge is 2.36. The lowest BCUT2D eigenvalue weighted by molar-refractivity contribution is 0.00838. The van der Waals surface area contributed by atoms with Gasteiger partial charge in [0.1, 0.15) is 29.7 Å². The molecular weight excluding hydrogens is 576 g/mol. The molecular formula is C28H39BrN6O3Si. The number of nitrogens with zero attached hydrogens (tertiary/aromatic N) is 5. The fraction of sp³-hybridized carbons (Fsp3) is 0.571. The van der Waals surface area contributed by atoms with Gasteiger partial charge in [-0.25, -0.2) is 14.8 Å². The van der Waals surface area contributed by atoms with E-state index in [1.54, 1.807) is 18.5 Å². The lowest BCUT2D eigenvalue weighted by atomic mass is 10.0. The van der Waals surface area contributed by atoms with Crippen LogP contribution in [-0.2, 0) is 16.2 Å². The first-order valence-corrected chi connectivity index (χ1v) is 18.0. The van der Waals surface area contributed by atoms with E-state index in [4.69, 9.17) is 14.5 Å². The molecule has 0 saturated carbocycles. The molecule has 39 heavy (non-hydrogen) atoms. The summed E-state index contributed by atoms with van der Waals surface area (Å²) >= 11 is 3.75. The van der Waals surface area contributed by atoms with Gasteiger partial charge in [-0.2, -0.15) is 5.26 Å². The summed E-state index contributed by atoms with van der Waals surface area (Å²) < 4.78 is 14.8. The Kier molecular flexibility index (Phi) is 8.71. The lowest BCUT2D eigenvalue weighted by Crippen LogP contribution is -2.45. The van der Waals surface area contributed by atoms with Crippen molar-refractivity contribution in [3.8, 4) is 6.07 Å². The number of hydrogen-bond acceptors (Lipinski definition) is 7. The molecule has 3 aromatic heterocycles. The first kappa shape index (κ1) is 29.5. The van der Waals surface area contributed by atoms with Gasteiger partial charge in [0.2, 0.25) is 0 Å². The maximum absolute atomic E-state index is 13.6. The zero-order valence-electron chi connectivity index (χ0n) is 24.0. The van der Waals surface area contributed by atoms with Gasteiger partial charge in [-0.3, -0.25) is 9.47 Å². The van der Waals surface area contributed by atoms with Crippen LogP contribution in [0, 0.1) is 11.3 Å². The highest BCUT2D eigenvalue weighted by molar-refractivity contribution is 9.10. The van der Waals surface area contributed by atoms with Gasteiger partial charge in [-0.15, -0.1) is 0 Å². The topological polar surface area (TPSA) is 105 Å². The third-order valence-corrected chi connectivity index (χ3v) is 9.28. The van der Waals surface area contributed by atoms with Crippen LogP contribution in [0.15, 0.2) is 22.9 Å². The van der Waals surface area contributed by atoms with E-state index in [9.17, 15) is 10.1 Å². The largest absolute Gasteiger partial charge is 0.444 e. The third-order valence-electron chi connectivity index (χ3n) is 6.95. The van der Waals surface area contributed by atoms with Crippen LogP contribution >= 0.6 is 15.9 Å². The van der Waals surface area contributed by atoms with E-state index in [1.807, 2.05) is 37.2 Å². The van der Waals surface area contributed by atoms with Gasteiger partial charge in [-0.05, 0) is 68.7 Å². The third kappa shape index (κ3) is 6.62. The number of hydrogen-bond donors (Lipinski definition) is 1. The van der Waals surface area contributed by atoms with Crippen molar-refractivity contribution in [2.75, 3.05) is 19.7 Å². The Hall–Kier alpha value is -2.52. The van der Waals surface area contributed by atoms with Crippen molar-refractivity contribution in [2.45, 2.75) is 84.2 Å². The predicted octanol–water partition coefficient (Wildman–Crippen LogP) is 6.19. The van der Waals surface area contributed by atoms with Crippen LogP contribution in [0.5, 0.6) is 0 Å². The van der Waals surface area contributed by atoms with Crippen molar-refractivity contribution in [1.82, 2.24) is 24.8 Å². The maximum atomic E-state index is 13.6. The molecule has 3 aromatic rings. The fourth-order valence-electron chi connectivity index (χ4n) is 5.03. The Bertz CT molecular complexity index is 1400. The van der Waals surface area contributed by atoms with Crippen molar-refractivity contribution >= 4 is 52.0 Å². The summed E-state index contributed by atoms with van der Waals surface area (Å²) in [5, 5.41) is 14.7. The van der Waals surface area contributed by atoms with Crippen LogP contribution in [0.2, 0.25) is 25.7 Å². The number of carbonyl (C=O) groups excluding carboxylic acids is 1. The second kappa shape index (κ2) is 11.5. The molecule has 2 atom stereocenters. The number of halogens is 1. The van der Waals surface area contributed by atoms with Gasteiger partial charge in [0, 0.05) is 54.3 Å². The summed E-state index contributed by atoms with van der Waals surface area (Å²) in [6.45, 7) is 17.2. The number of pyridine rings is 2. The first-order valence-electron chi connectivity index (χ1n) is 13.5. The molecule has 4 heterocycles. The summed E-state index contributed by atoms with van der Waals surface area (Å²) in [5.41, 5.74) is 2.18. The van der Waals surface area contributed by atoms with Gasteiger partial charge >= 0.3 is 6.09 Å². The number of fused-ring (bicyclic) bond motifs is 3. The molecule has 9 nitrogen and oxygen atoms in total. The number of carbonyl (C=O) groups is 1. The summed E-state index contributed by atoms with van der Waals surface area (Å²) in [5.74, 6) is 0. The molecule has 0 aliphatic carbocycles. The molecule has 4 rings (SSSR count).